The number of ether oxygens (including phenoxy) is 3. The number of hydrogen-bond acceptors (Lipinski definition) is 6. The van der Waals surface area contributed by atoms with E-state index in [2.05, 4.69) is 15.9 Å². The zero-order valence-corrected chi connectivity index (χ0v) is 13.8. The smallest absolute Gasteiger partial charge is 0.247 e. The number of thiophene rings is 1. The maximum Gasteiger partial charge on any atom is 0.247 e. The average Bonchev–Trinajstić information content (AvgIpc) is 2.70. The van der Waals surface area contributed by atoms with Crippen LogP contribution in [0.15, 0.2) is 14.1 Å². The lowest BCUT2D eigenvalue weighted by Crippen LogP contribution is -2.10. The molecule has 110 valence electrons. The Bertz CT molecular complexity index is 502. The van der Waals surface area contributed by atoms with Gasteiger partial charge in [-0.3, -0.25) is 0 Å². The van der Waals surface area contributed by atoms with E-state index in [0.29, 0.717) is 17.0 Å². The highest BCUT2D eigenvalue weighted by Gasteiger charge is 2.19. The summed E-state index contributed by atoms with van der Waals surface area (Å²) in [5, 5.41) is 5.08. The molecule has 0 saturated heterocycles. The van der Waals surface area contributed by atoms with Gasteiger partial charge in [-0.15, -0.1) is 11.3 Å². The normalized spacial score (nSPS) is 13.7. The molecule has 0 amide bonds. The predicted molar refractivity (Wildman–Crippen MR) is 75.6 cm³/mol. The number of primary sulfonamides is 1. The van der Waals surface area contributed by atoms with Crippen LogP contribution in [0.4, 0.5) is 0 Å². The number of hydrogen-bond donors (Lipinski definition) is 1. The van der Waals surface area contributed by atoms with E-state index in [1.165, 1.54) is 6.07 Å². The third-order valence-corrected chi connectivity index (χ3v) is 5.55. The van der Waals surface area contributed by atoms with Crippen LogP contribution in [0.3, 0.4) is 0 Å². The van der Waals surface area contributed by atoms with Crippen LogP contribution in [-0.4, -0.2) is 35.5 Å². The van der Waals surface area contributed by atoms with Crippen LogP contribution in [0.25, 0.3) is 0 Å². The molecule has 1 rings (SSSR count). The fourth-order valence-corrected chi connectivity index (χ4v) is 4.21. The SMILES string of the molecule is COCCOCOC(C)c1cc(S(N)(=O)=O)sc1Br. The maximum atomic E-state index is 11.2. The zero-order valence-electron chi connectivity index (χ0n) is 10.6. The van der Waals surface area contributed by atoms with Gasteiger partial charge in [0.2, 0.25) is 10.0 Å². The van der Waals surface area contributed by atoms with Crippen molar-refractivity contribution in [3.05, 3.63) is 15.4 Å². The molecule has 1 aromatic rings. The van der Waals surface area contributed by atoms with E-state index in [1.807, 2.05) is 0 Å². The molecule has 0 aromatic carbocycles. The molecule has 0 bridgehead atoms. The lowest BCUT2D eigenvalue weighted by atomic mass is 10.2. The second-order valence-corrected chi connectivity index (χ2v) is 7.83. The molecule has 2 N–H and O–H groups in total. The molecular weight excluding hydrogens is 358 g/mol. The van der Waals surface area contributed by atoms with Crippen LogP contribution < -0.4 is 5.14 Å². The largest absolute Gasteiger partial charge is 0.382 e. The van der Waals surface area contributed by atoms with Crippen molar-refractivity contribution >= 4 is 37.3 Å². The lowest BCUT2D eigenvalue weighted by Gasteiger charge is -2.12. The van der Waals surface area contributed by atoms with Gasteiger partial charge in [0.05, 0.1) is 23.1 Å². The van der Waals surface area contributed by atoms with Gasteiger partial charge in [-0.25, -0.2) is 13.6 Å². The van der Waals surface area contributed by atoms with Gasteiger partial charge in [0.25, 0.3) is 0 Å². The van der Waals surface area contributed by atoms with Crippen molar-refractivity contribution in [2.45, 2.75) is 17.2 Å². The molecule has 0 aliphatic rings. The van der Waals surface area contributed by atoms with Crippen molar-refractivity contribution in [3.8, 4) is 0 Å². The quantitative estimate of drug-likeness (QED) is 0.554. The number of halogens is 1. The first-order valence-electron chi connectivity index (χ1n) is 5.36. The highest BCUT2D eigenvalue weighted by molar-refractivity contribution is 9.11. The van der Waals surface area contributed by atoms with E-state index >= 15 is 0 Å². The van der Waals surface area contributed by atoms with Crippen molar-refractivity contribution < 1.29 is 22.6 Å². The highest BCUT2D eigenvalue weighted by atomic mass is 79.9. The minimum Gasteiger partial charge on any atom is -0.382 e. The topological polar surface area (TPSA) is 87.8 Å². The third kappa shape index (κ3) is 5.46. The van der Waals surface area contributed by atoms with Gasteiger partial charge in [-0.05, 0) is 28.9 Å². The highest BCUT2D eigenvalue weighted by Crippen LogP contribution is 2.35. The van der Waals surface area contributed by atoms with Gasteiger partial charge in [-0.1, -0.05) is 0 Å². The van der Waals surface area contributed by atoms with Crippen LogP contribution in [0.1, 0.15) is 18.6 Å². The summed E-state index contributed by atoms with van der Waals surface area (Å²) in [5.41, 5.74) is 0.726. The second kappa shape index (κ2) is 7.67. The summed E-state index contributed by atoms with van der Waals surface area (Å²) in [6.45, 7) is 2.85. The van der Waals surface area contributed by atoms with E-state index in [-0.39, 0.29) is 17.1 Å². The van der Waals surface area contributed by atoms with Gasteiger partial charge < -0.3 is 14.2 Å². The van der Waals surface area contributed by atoms with E-state index < -0.39 is 10.0 Å². The summed E-state index contributed by atoms with van der Waals surface area (Å²) in [4.78, 5) is 0. The van der Waals surface area contributed by atoms with Crippen molar-refractivity contribution in [1.82, 2.24) is 0 Å². The summed E-state index contributed by atoms with van der Waals surface area (Å²) in [6, 6.07) is 1.50. The molecule has 0 fully saturated rings. The molecule has 1 aromatic heterocycles. The first-order valence-corrected chi connectivity index (χ1v) is 8.52. The van der Waals surface area contributed by atoms with Gasteiger partial charge in [0.1, 0.15) is 11.0 Å². The zero-order chi connectivity index (χ0) is 14.5. The molecule has 0 saturated carbocycles. The standard InChI is InChI=1S/C10H16BrNO5S2/c1-7(17-6-16-4-3-15-2)8-5-9(18-10(8)11)19(12,13)14/h5,7H,3-4,6H2,1-2H3,(H2,12,13,14). The molecule has 1 atom stereocenters. The molecule has 1 unspecified atom stereocenters. The number of rotatable bonds is 8. The van der Waals surface area contributed by atoms with Crippen LogP contribution >= 0.6 is 27.3 Å². The van der Waals surface area contributed by atoms with E-state index in [9.17, 15) is 8.42 Å². The number of nitrogens with two attached hydrogens (primary N) is 1. The van der Waals surface area contributed by atoms with E-state index in [4.69, 9.17) is 19.3 Å². The van der Waals surface area contributed by atoms with Crippen molar-refractivity contribution in [3.63, 3.8) is 0 Å². The van der Waals surface area contributed by atoms with Crippen LogP contribution in [0.2, 0.25) is 0 Å². The fourth-order valence-electron chi connectivity index (χ4n) is 1.22. The molecule has 0 aliphatic heterocycles. The van der Waals surface area contributed by atoms with Gasteiger partial charge in [-0.2, -0.15) is 0 Å². The number of methoxy groups -OCH3 is 1. The Kier molecular flexibility index (Phi) is 6.87. The molecule has 1 heterocycles. The molecule has 0 spiro atoms. The Morgan fingerprint density at radius 2 is 2.16 bits per heavy atom. The molecule has 19 heavy (non-hydrogen) atoms. The minimum atomic E-state index is -3.69. The summed E-state index contributed by atoms with van der Waals surface area (Å²) < 4.78 is 38.7. The van der Waals surface area contributed by atoms with Gasteiger partial charge in [0.15, 0.2) is 0 Å². The first kappa shape index (κ1) is 17.0. The monoisotopic (exact) mass is 373 g/mol. The summed E-state index contributed by atoms with van der Waals surface area (Å²) >= 11 is 4.36. The van der Waals surface area contributed by atoms with Gasteiger partial charge in [0, 0.05) is 12.7 Å². The van der Waals surface area contributed by atoms with Crippen molar-refractivity contribution in [2.24, 2.45) is 5.14 Å². The second-order valence-electron chi connectivity index (χ2n) is 3.67. The Labute approximate surface area is 125 Å². The molecule has 0 aliphatic carbocycles. The summed E-state index contributed by atoms with van der Waals surface area (Å²) in [7, 11) is -2.10. The van der Waals surface area contributed by atoms with Crippen LogP contribution in [-0.2, 0) is 24.2 Å². The molecule has 6 nitrogen and oxygen atoms in total. The van der Waals surface area contributed by atoms with Crippen LogP contribution in [0, 0.1) is 0 Å². The first-order chi connectivity index (χ1) is 8.86. The van der Waals surface area contributed by atoms with Gasteiger partial charge >= 0.3 is 0 Å². The molecule has 0 radical (unpaired) electrons. The Hall–Kier alpha value is -0.0300. The van der Waals surface area contributed by atoms with E-state index in [1.54, 1.807) is 14.0 Å². The summed E-state index contributed by atoms with van der Waals surface area (Å²) in [6.07, 6.45) is -0.302. The summed E-state index contributed by atoms with van der Waals surface area (Å²) in [5.74, 6) is 0. The Morgan fingerprint density at radius 1 is 1.47 bits per heavy atom. The van der Waals surface area contributed by atoms with E-state index in [0.717, 1.165) is 16.9 Å². The minimum absolute atomic E-state index is 0.102. The average molecular weight is 374 g/mol. The molecule has 9 heteroatoms. The fraction of sp³-hybridized carbons (Fsp3) is 0.600. The molecular formula is C10H16BrNO5S2. The lowest BCUT2D eigenvalue weighted by molar-refractivity contribution is -0.0939. The third-order valence-electron chi connectivity index (χ3n) is 2.24. The van der Waals surface area contributed by atoms with Crippen molar-refractivity contribution in [2.75, 3.05) is 27.1 Å². The predicted octanol–water partition coefficient (Wildman–Crippen LogP) is 1.86. The number of sulfonamides is 1. The van der Waals surface area contributed by atoms with Crippen LogP contribution in [0.5, 0.6) is 0 Å². The Balaban J connectivity index is 2.57. The maximum absolute atomic E-state index is 11.2. The Morgan fingerprint density at radius 3 is 2.68 bits per heavy atom. The van der Waals surface area contributed by atoms with Crippen molar-refractivity contribution in [1.29, 1.82) is 0 Å².